The minimum absolute atomic E-state index is 0.0505. The summed E-state index contributed by atoms with van der Waals surface area (Å²) in [4.78, 5) is 26.7. The average molecular weight is 492 g/mol. The summed E-state index contributed by atoms with van der Waals surface area (Å²) in [6.45, 7) is 4.35. The van der Waals surface area contributed by atoms with Gasteiger partial charge in [0.05, 0.1) is 48.7 Å². The first-order valence-corrected chi connectivity index (χ1v) is 11.6. The number of aryl methyl sites for hydroxylation is 1. The topological polar surface area (TPSA) is 96.9 Å². The first kappa shape index (κ1) is 23.7. The number of hydrogen-bond donors (Lipinski definition) is 1. The number of para-hydroxylation sites is 1. The molecule has 188 valence electrons. The quantitative estimate of drug-likeness (QED) is 0.471. The van der Waals surface area contributed by atoms with Crippen LogP contribution in [0.1, 0.15) is 31.2 Å². The number of phenolic OH excluding ortho intramolecular Hbond substituents is 1. The van der Waals surface area contributed by atoms with Crippen molar-refractivity contribution in [3.63, 3.8) is 0 Å². The van der Waals surface area contributed by atoms with Crippen LogP contribution in [0.2, 0.25) is 0 Å². The van der Waals surface area contributed by atoms with Crippen molar-refractivity contribution in [3.8, 4) is 28.5 Å². The van der Waals surface area contributed by atoms with Gasteiger partial charge in [0.2, 0.25) is 0 Å². The Hall–Kier alpha value is -3.98. The largest absolute Gasteiger partial charge is 0.504 e. The van der Waals surface area contributed by atoms with Crippen LogP contribution in [0.3, 0.4) is 0 Å². The smallest absolute Gasteiger partial charge is 0.331 e. The van der Waals surface area contributed by atoms with E-state index in [1.807, 2.05) is 38.1 Å². The lowest BCUT2D eigenvalue weighted by Gasteiger charge is -2.39. The Morgan fingerprint density at radius 1 is 1.00 bits per heavy atom. The van der Waals surface area contributed by atoms with Crippen LogP contribution in [0.5, 0.6) is 17.2 Å². The first-order chi connectivity index (χ1) is 17.1. The van der Waals surface area contributed by atoms with Gasteiger partial charge in [-0.15, -0.1) is 0 Å². The van der Waals surface area contributed by atoms with Gasteiger partial charge in [-0.1, -0.05) is 12.1 Å². The number of nitrogens with zero attached hydrogens (tertiary/aromatic N) is 3. The van der Waals surface area contributed by atoms with E-state index in [0.717, 1.165) is 10.1 Å². The molecule has 4 aromatic rings. The van der Waals surface area contributed by atoms with E-state index in [4.69, 9.17) is 14.2 Å². The maximum atomic E-state index is 13.7. The molecule has 0 saturated heterocycles. The van der Waals surface area contributed by atoms with Crippen LogP contribution in [0.4, 0.5) is 0 Å². The molecular weight excluding hydrogens is 462 g/mol. The van der Waals surface area contributed by atoms with Gasteiger partial charge >= 0.3 is 5.69 Å². The fraction of sp³-hybridized carbons (Fsp3) is 0.333. The van der Waals surface area contributed by atoms with E-state index in [0.29, 0.717) is 46.0 Å². The summed E-state index contributed by atoms with van der Waals surface area (Å²) < 4.78 is 21.7. The Morgan fingerprint density at radius 3 is 2.33 bits per heavy atom. The summed E-state index contributed by atoms with van der Waals surface area (Å²) in [7, 11) is 6.20. The van der Waals surface area contributed by atoms with Crippen molar-refractivity contribution in [2.75, 3.05) is 20.8 Å². The molecule has 0 radical (unpaired) electrons. The van der Waals surface area contributed by atoms with E-state index in [-0.39, 0.29) is 5.75 Å². The second-order valence-corrected chi connectivity index (χ2v) is 9.63. The van der Waals surface area contributed by atoms with E-state index in [1.165, 1.54) is 18.7 Å². The zero-order valence-electron chi connectivity index (χ0n) is 21.2. The molecule has 0 saturated carbocycles. The van der Waals surface area contributed by atoms with Crippen LogP contribution in [0.25, 0.3) is 22.2 Å². The standard InChI is InChI=1S/C27H29N3O6/c1-27(2)14-36-24(17-8-7-9-18(35-6)23(17)31)22-21-19(25(32)29(4)26(33)28(21)3)20(30(22)27)15-10-12-16(34-5)13-11-15/h7-13,24,31H,14H2,1-6H3. The van der Waals surface area contributed by atoms with Gasteiger partial charge in [-0.05, 0) is 49.7 Å². The molecule has 9 heteroatoms. The van der Waals surface area contributed by atoms with E-state index in [9.17, 15) is 14.7 Å². The van der Waals surface area contributed by atoms with Crippen molar-refractivity contribution in [2.45, 2.75) is 25.5 Å². The van der Waals surface area contributed by atoms with Gasteiger partial charge in [0, 0.05) is 19.7 Å². The number of fused-ring (bicyclic) bond motifs is 3. The van der Waals surface area contributed by atoms with Gasteiger partial charge in [-0.2, -0.15) is 0 Å². The molecule has 0 aliphatic carbocycles. The molecule has 9 nitrogen and oxygen atoms in total. The SMILES string of the molecule is COc1ccc(-c2c3c(=O)n(C)c(=O)n(C)c3c3n2C(C)(C)COC3c2cccc(OC)c2O)cc1. The van der Waals surface area contributed by atoms with Gasteiger partial charge in [0.25, 0.3) is 5.56 Å². The average Bonchev–Trinajstić information content (AvgIpc) is 3.24. The number of hydrogen-bond acceptors (Lipinski definition) is 6. The lowest BCUT2D eigenvalue weighted by molar-refractivity contribution is -0.00810. The van der Waals surface area contributed by atoms with Crippen molar-refractivity contribution in [1.29, 1.82) is 0 Å². The highest BCUT2D eigenvalue weighted by Crippen LogP contribution is 2.48. The number of benzene rings is 2. The third kappa shape index (κ3) is 3.26. The van der Waals surface area contributed by atoms with Gasteiger partial charge in [0.15, 0.2) is 11.5 Å². The van der Waals surface area contributed by atoms with Gasteiger partial charge in [-0.3, -0.25) is 13.9 Å². The highest BCUT2D eigenvalue weighted by atomic mass is 16.5. The number of methoxy groups -OCH3 is 2. The maximum Gasteiger partial charge on any atom is 0.331 e. The summed E-state index contributed by atoms with van der Waals surface area (Å²) in [5.41, 5.74) is 1.63. The van der Waals surface area contributed by atoms with Crippen LogP contribution >= 0.6 is 0 Å². The molecular formula is C27H29N3O6. The Kier molecular flexibility index (Phi) is 5.48. The van der Waals surface area contributed by atoms with Crippen LogP contribution in [-0.2, 0) is 24.4 Å². The van der Waals surface area contributed by atoms with E-state index in [1.54, 1.807) is 32.4 Å². The Morgan fingerprint density at radius 2 is 1.69 bits per heavy atom. The molecule has 3 heterocycles. The Bertz CT molecular complexity index is 1610. The van der Waals surface area contributed by atoms with Crippen molar-refractivity contribution in [3.05, 3.63) is 74.6 Å². The third-order valence-electron chi connectivity index (χ3n) is 6.96. The fourth-order valence-corrected chi connectivity index (χ4v) is 5.17. The lowest BCUT2D eigenvalue weighted by atomic mass is 9.97. The molecule has 36 heavy (non-hydrogen) atoms. The second kappa shape index (κ2) is 8.30. The van der Waals surface area contributed by atoms with Crippen molar-refractivity contribution in [2.24, 2.45) is 14.1 Å². The lowest BCUT2D eigenvalue weighted by Crippen LogP contribution is -2.40. The first-order valence-electron chi connectivity index (χ1n) is 11.6. The fourth-order valence-electron chi connectivity index (χ4n) is 5.17. The highest BCUT2D eigenvalue weighted by molar-refractivity contribution is 5.97. The molecule has 0 bridgehead atoms. The van der Waals surface area contributed by atoms with Crippen molar-refractivity contribution < 1.29 is 19.3 Å². The van der Waals surface area contributed by atoms with E-state index in [2.05, 4.69) is 4.57 Å². The monoisotopic (exact) mass is 491 g/mol. The van der Waals surface area contributed by atoms with E-state index >= 15 is 0 Å². The summed E-state index contributed by atoms with van der Waals surface area (Å²) >= 11 is 0. The molecule has 2 aromatic carbocycles. The number of phenols is 1. The number of ether oxygens (including phenoxy) is 3. The molecule has 0 amide bonds. The summed E-state index contributed by atoms with van der Waals surface area (Å²) in [6.07, 6.45) is -0.750. The molecule has 5 rings (SSSR count). The van der Waals surface area contributed by atoms with Crippen LogP contribution < -0.4 is 20.7 Å². The molecule has 0 fully saturated rings. The Labute approximate surface area is 207 Å². The predicted octanol–water partition coefficient (Wildman–Crippen LogP) is 3.28. The molecule has 2 aromatic heterocycles. The van der Waals surface area contributed by atoms with Crippen LogP contribution in [0, 0.1) is 0 Å². The molecule has 1 atom stereocenters. The summed E-state index contributed by atoms with van der Waals surface area (Å²) in [6, 6.07) is 12.7. The normalized spacial score (nSPS) is 16.7. The summed E-state index contributed by atoms with van der Waals surface area (Å²) in [5.74, 6) is 0.949. The van der Waals surface area contributed by atoms with Crippen LogP contribution in [-0.4, -0.2) is 39.6 Å². The van der Waals surface area contributed by atoms with Crippen molar-refractivity contribution >= 4 is 10.9 Å². The molecule has 0 spiro atoms. The Balaban J connectivity index is 1.98. The zero-order valence-corrected chi connectivity index (χ0v) is 21.2. The minimum atomic E-state index is -0.750. The van der Waals surface area contributed by atoms with E-state index < -0.39 is 22.9 Å². The summed E-state index contributed by atoms with van der Waals surface area (Å²) in [5, 5.41) is 11.4. The van der Waals surface area contributed by atoms with Crippen LogP contribution in [0.15, 0.2) is 52.1 Å². The minimum Gasteiger partial charge on any atom is -0.504 e. The maximum absolute atomic E-state index is 13.7. The number of aromatic hydroxyl groups is 1. The highest BCUT2D eigenvalue weighted by Gasteiger charge is 2.41. The van der Waals surface area contributed by atoms with Crippen molar-refractivity contribution in [1.82, 2.24) is 13.7 Å². The van der Waals surface area contributed by atoms with Gasteiger partial charge in [-0.25, -0.2) is 4.79 Å². The molecule has 1 N–H and O–H groups in total. The zero-order chi connectivity index (χ0) is 25.9. The number of aromatic nitrogens is 3. The predicted molar refractivity (Wildman–Crippen MR) is 136 cm³/mol. The third-order valence-corrected chi connectivity index (χ3v) is 6.96. The number of rotatable bonds is 4. The molecule has 1 aliphatic heterocycles. The van der Waals surface area contributed by atoms with Gasteiger partial charge in [0.1, 0.15) is 11.9 Å². The second-order valence-electron chi connectivity index (χ2n) is 9.63. The molecule has 1 unspecified atom stereocenters. The van der Waals surface area contributed by atoms with Gasteiger partial charge < -0.3 is 23.9 Å². The molecule has 1 aliphatic rings.